The van der Waals surface area contributed by atoms with Gasteiger partial charge >= 0.3 is 0 Å². The van der Waals surface area contributed by atoms with E-state index in [0.717, 1.165) is 16.7 Å². The minimum Gasteiger partial charge on any atom is -0.414 e. The van der Waals surface area contributed by atoms with Crippen LogP contribution in [0.1, 0.15) is 52.7 Å². The highest BCUT2D eigenvalue weighted by atomic mass is 28.2. The minimum atomic E-state index is -0.681. The molecule has 0 unspecified atom stereocenters. The van der Waals surface area contributed by atoms with Gasteiger partial charge in [-0.1, -0.05) is 55.1 Å². The first-order valence-electron chi connectivity index (χ1n) is 9.19. The second kappa shape index (κ2) is 8.48. The Labute approximate surface area is 163 Å². The van der Waals surface area contributed by atoms with Crippen molar-refractivity contribution in [3.63, 3.8) is 0 Å². The second-order valence-corrected chi connectivity index (χ2v) is 11.5. The Bertz CT molecular complexity index is 657. The molecule has 0 N–H and O–H groups in total. The summed E-state index contributed by atoms with van der Waals surface area (Å²) in [6, 6.07) is 17.3. The highest BCUT2D eigenvalue weighted by Gasteiger charge is 2.11. The fourth-order valence-corrected chi connectivity index (χ4v) is 4.43. The first kappa shape index (κ1) is 20.8. The molecule has 140 valence electrons. The lowest BCUT2D eigenvalue weighted by Gasteiger charge is -2.20. The van der Waals surface area contributed by atoms with Gasteiger partial charge in [0.15, 0.2) is 19.5 Å². The molecule has 0 aliphatic rings. The molecule has 0 amide bonds. The topological polar surface area (TPSA) is 18.5 Å². The number of benzene rings is 2. The Hall–Kier alpha value is -1.47. The fourth-order valence-electron chi connectivity index (χ4n) is 2.37. The Morgan fingerprint density at radius 2 is 0.962 bits per heavy atom. The second-order valence-electron chi connectivity index (χ2n) is 8.67. The molecule has 0 heterocycles. The molecule has 0 aliphatic heterocycles. The molecule has 0 aromatic heterocycles. The molecule has 0 spiro atoms. The van der Waals surface area contributed by atoms with E-state index in [4.69, 9.17) is 8.85 Å². The lowest BCUT2D eigenvalue weighted by molar-refractivity contribution is 0.141. The Morgan fingerprint density at radius 3 is 1.23 bits per heavy atom. The quantitative estimate of drug-likeness (QED) is 0.713. The summed E-state index contributed by atoms with van der Waals surface area (Å²) in [5, 5.41) is 2.63. The van der Waals surface area contributed by atoms with Crippen LogP contribution in [-0.4, -0.2) is 30.7 Å². The van der Waals surface area contributed by atoms with Crippen molar-refractivity contribution in [2.45, 2.75) is 52.7 Å². The lowest BCUT2D eigenvalue weighted by atomic mass is 10.00. The van der Waals surface area contributed by atoms with Crippen molar-refractivity contribution in [2.75, 3.05) is 0 Å². The zero-order valence-electron chi connectivity index (χ0n) is 17.1. The lowest BCUT2D eigenvalue weighted by Crippen LogP contribution is -2.28. The van der Waals surface area contributed by atoms with E-state index in [0.29, 0.717) is 0 Å². The number of hydrogen-bond acceptors (Lipinski definition) is 2. The van der Waals surface area contributed by atoms with Crippen molar-refractivity contribution in [1.82, 2.24) is 0 Å². The minimum absolute atomic E-state index is 0.0593. The van der Waals surface area contributed by atoms with Crippen LogP contribution in [0.25, 0.3) is 5.57 Å². The monoisotopic (exact) mass is 384 g/mol. The predicted octanol–water partition coefficient (Wildman–Crippen LogP) is 2.80. The standard InChI is InChI=1S/C22H32O2Si2/c1-16(17-8-12-19(13-9-17)25-23-21(2,3)4)18-10-14-20(15-11-18)26-24-22(5,6)7/h8-15H,1,25-26H2,2-7H3. The fraction of sp³-hybridized carbons (Fsp3) is 0.364. The molecular weight excluding hydrogens is 352 g/mol. The first-order chi connectivity index (χ1) is 12.0. The van der Waals surface area contributed by atoms with E-state index < -0.39 is 19.5 Å². The molecule has 0 saturated carbocycles. The van der Waals surface area contributed by atoms with E-state index in [1.54, 1.807) is 0 Å². The van der Waals surface area contributed by atoms with Crippen molar-refractivity contribution in [3.8, 4) is 0 Å². The molecule has 2 aromatic rings. The van der Waals surface area contributed by atoms with Crippen molar-refractivity contribution >= 4 is 35.5 Å². The molecule has 2 rings (SSSR count). The van der Waals surface area contributed by atoms with Crippen LogP contribution in [0.4, 0.5) is 0 Å². The molecule has 0 aliphatic carbocycles. The van der Waals surface area contributed by atoms with Crippen LogP contribution in [-0.2, 0) is 8.85 Å². The average Bonchev–Trinajstić information content (AvgIpc) is 2.57. The molecule has 0 saturated heterocycles. The maximum absolute atomic E-state index is 5.97. The summed E-state index contributed by atoms with van der Waals surface area (Å²) < 4.78 is 11.9. The third-order valence-electron chi connectivity index (χ3n) is 3.95. The van der Waals surface area contributed by atoms with E-state index in [1.807, 2.05) is 0 Å². The molecule has 26 heavy (non-hydrogen) atoms. The first-order valence-corrected chi connectivity index (χ1v) is 11.8. The Morgan fingerprint density at radius 1 is 0.654 bits per heavy atom. The smallest absolute Gasteiger partial charge is 0.192 e. The third-order valence-corrected chi connectivity index (χ3v) is 7.58. The van der Waals surface area contributed by atoms with Gasteiger partial charge in [0, 0.05) is 11.2 Å². The molecule has 0 bridgehead atoms. The highest BCUT2D eigenvalue weighted by molar-refractivity contribution is 6.47. The van der Waals surface area contributed by atoms with E-state index >= 15 is 0 Å². The maximum Gasteiger partial charge on any atom is 0.192 e. The SMILES string of the molecule is C=C(c1ccc([SiH2]OC(C)(C)C)cc1)c1ccc([SiH2]OC(C)(C)C)cc1. The average molecular weight is 385 g/mol. The van der Waals surface area contributed by atoms with E-state index in [2.05, 4.69) is 96.7 Å². The molecular formula is C22H32O2Si2. The van der Waals surface area contributed by atoms with Gasteiger partial charge in [-0.2, -0.15) is 0 Å². The number of hydrogen-bond donors (Lipinski definition) is 0. The van der Waals surface area contributed by atoms with Gasteiger partial charge in [0.05, 0.1) is 0 Å². The van der Waals surface area contributed by atoms with Gasteiger partial charge in [-0.15, -0.1) is 0 Å². The summed E-state index contributed by atoms with van der Waals surface area (Å²) in [6.07, 6.45) is 0. The summed E-state index contributed by atoms with van der Waals surface area (Å²) in [7, 11) is -1.36. The van der Waals surface area contributed by atoms with Gasteiger partial charge in [-0.05, 0) is 68.6 Å². The van der Waals surface area contributed by atoms with Crippen LogP contribution in [0.15, 0.2) is 55.1 Å². The van der Waals surface area contributed by atoms with Crippen molar-refractivity contribution < 1.29 is 8.85 Å². The summed E-state index contributed by atoms with van der Waals surface area (Å²) in [4.78, 5) is 0. The molecule has 2 aromatic carbocycles. The van der Waals surface area contributed by atoms with Gasteiger partial charge in [-0.25, -0.2) is 0 Å². The van der Waals surface area contributed by atoms with Gasteiger partial charge in [-0.3, -0.25) is 0 Å². The van der Waals surface area contributed by atoms with Gasteiger partial charge in [0.1, 0.15) is 0 Å². The van der Waals surface area contributed by atoms with E-state index in [1.165, 1.54) is 10.4 Å². The van der Waals surface area contributed by atoms with Gasteiger partial charge in [0.25, 0.3) is 0 Å². The predicted molar refractivity (Wildman–Crippen MR) is 119 cm³/mol. The van der Waals surface area contributed by atoms with Crippen molar-refractivity contribution in [3.05, 3.63) is 66.2 Å². The van der Waals surface area contributed by atoms with Crippen LogP contribution in [0.2, 0.25) is 0 Å². The zero-order chi connectivity index (χ0) is 19.4. The maximum atomic E-state index is 5.97. The number of rotatable bonds is 6. The van der Waals surface area contributed by atoms with Crippen LogP contribution < -0.4 is 10.4 Å². The largest absolute Gasteiger partial charge is 0.414 e. The van der Waals surface area contributed by atoms with Gasteiger partial charge in [0.2, 0.25) is 0 Å². The highest BCUT2D eigenvalue weighted by Crippen LogP contribution is 2.20. The van der Waals surface area contributed by atoms with Crippen LogP contribution in [0, 0.1) is 0 Å². The summed E-state index contributed by atoms with van der Waals surface area (Å²) in [5.41, 5.74) is 3.26. The zero-order valence-corrected chi connectivity index (χ0v) is 19.9. The van der Waals surface area contributed by atoms with E-state index in [9.17, 15) is 0 Å². The van der Waals surface area contributed by atoms with Crippen molar-refractivity contribution in [2.24, 2.45) is 0 Å². The van der Waals surface area contributed by atoms with Crippen LogP contribution >= 0.6 is 0 Å². The van der Waals surface area contributed by atoms with Crippen LogP contribution in [0.5, 0.6) is 0 Å². The van der Waals surface area contributed by atoms with Crippen molar-refractivity contribution in [1.29, 1.82) is 0 Å². The summed E-state index contributed by atoms with van der Waals surface area (Å²) >= 11 is 0. The Balaban J connectivity index is 2.00. The molecule has 4 heteroatoms. The molecule has 0 radical (unpaired) electrons. The molecule has 2 nitrogen and oxygen atoms in total. The summed E-state index contributed by atoms with van der Waals surface area (Å²) in [5.74, 6) is 0. The molecule has 0 fully saturated rings. The molecule has 0 atom stereocenters. The normalized spacial score (nSPS) is 13.2. The third kappa shape index (κ3) is 7.04. The summed E-state index contributed by atoms with van der Waals surface area (Å²) in [6.45, 7) is 16.9. The van der Waals surface area contributed by atoms with Crippen LogP contribution in [0.3, 0.4) is 0 Å². The Kier molecular flexibility index (Phi) is 6.80. The van der Waals surface area contributed by atoms with Gasteiger partial charge < -0.3 is 8.85 Å². The van der Waals surface area contributed by atoms with E-state index in [-0.39, 0.29) is 11.2 Å².